The molecule has 1 fully saturated rings. The van der Waals surface area contributed by atoms with Crippen molar-refractivity contribution in [2.24, 2.45) is 4.99 Å². The Labute approximate surface area is 206 Å². The van der Waals surface area contributed by atoms with Gasteiger partial charge in [-0.15, -0.1) is 0 Å². The van der Waals surface area contributed by atoms with Gasteiger partial charge in [0.1, 0.15) is 16.7 Å². The maximum absolute atomic E-state index is 13.4. The number of nitrogens with one attached hydrogen (secondary N) is 1. The highest BCUT2D eigenvalue weighted by molar-refractivity contribution is 8.16. The number of thioether (sulfide) groups is 1. The van der Waals surface area contributed by atoms with Gasteiger partial charge in [0.2, 0.25) is 11.8 Å². The molecule has 2 amide bonds. The minimum atomic E-state index is -0.619. The normalized spacial score (nSPS) is 16.6. The summed E-state index contributed by atoms with van der Waals surface area (Å²) in [4.78, 5) is 32.3. The van der Waals surface area contributed by atoms with Crippen LogP contribution < -0.4 is 19.7 Å². The smallest absolute Gasteiger partial charge is 0.247 e. The van der Waals surface area contributed by atoms with Gasteiger partial charge in [-0.2, -0.15) is 0 Å². The van der Waals surface area contributed by atoms with E-state index in [-0.39, 0.29) is 18.2 Å². The van der Waals surface area contributed by atoms with Crippen molar-refractivity contribution >= 4 is 57.4 Å². The summed E-state index contributed by atoms with van der Waals surface area (Å²) in [7, 11) is 3.18. The van der Waals surface area contributed by atoms with Crippen LogP contribution in [0.4, 0.5) is 17.1 Å². The molecule has 0 aromatic heterocycles. The monoisotopic (exact) mass is 495 g/mol. The largest absolute Gasteiger partial charge is 0.497 e. The number of ether oxygens (including phenoxy) is 2. The van der Waals surface area contributed by atoms with E-state index in [1.165, 1.54) is 16.7 Å². The number of amides is 2. The molecule has 7 nitrogen and oxygen atoms in total. The van der Waals surface area contributed by atoms with Gasteiger partial charge in [-0.05, 0) is 72.8 Å². The van der Waals surface area contributed by atoms with Gasteiger partial charge >= 0.3 is 0 Å². The van der Waals surface area contributed by atoms with E-state index in [1.807, 2.05) is 12.1 Å². The van der Waals surface area contributed by atoms with Crippen LogP contribution >= 0.6 is 23.4 Å². The quantitative estimate of drug-likeness (QED) is 0.466. The summed E-state index contributed by atoms with van der Waals surface area (Å²) >= 11 is 7.16. The summed E-state index contributed by atoms with van der Waals surface area (Å²) in [6.45, 7) is 0. The van der Waals surface area contributed by atoms with Crippen LogP contribution in [0.15, 0.2) is 77.8 Å². The number of hydrogen-bond acceptors (Lipinski definition) is 6. The van der Waals surface area contributed by atoms with E-state index in [9.17, 15) is 9.59 Å². The van der Waals surface area contributed by atoms with E-state index in [1.54, 1.807) is 74.9 Å². The third-order valence-electron chi connectivity index (χ3n) is 5.06. The second-order valence-electron chi connectivity index (χ2n) is 7.33. The number of rotatable bonds is 7. The van der Waals surface area contributed by atoms with Crippen molar-refractivity contribution < 1.29 is 19.1 Å². The standard InChI is InChI=1S/C25H22ClN3O4S/c1-32-20-11-7-18(8-12-20)28-25-29(19-9-13-21(33-2)14-10-19)24(31)22(34-25)15-23(30)27-17-5-3-16(26)4-6-17/h3-14,22H,15H2,1-2H3,(H,27,30)/t22-/m0/s1. The molecular weight excluding hydrogens is 474 g/mol. The van der Waals surface area contributed by atoms with Crippen LogP contribution in [0.5, 0.6) is 11.5 Å². The molecule has 174 valence electrons. The van der Waals surface area contributed by atoms with Crippen molar-refractivity contribution in [2.45, 2.75) is 11.7 Å². The zero-order valence-electron chi connectivity index (χ0n) is 18.5. The molecule has 1 N–H and O–H groups in total. The molecule has 0 spiro atoms. The van der Waals surface area contributed by atoms with Crippen molar-refractivity contribution in [3.05, 3.63) is 77.8 Å². The van der Waals surface area contributed by atoms with Gasteiger partial charge in [-0.1, -0.05) is 23.4 Å². The number of carbonyl (C=O) groups excluding carboxylic acids is 2. The Bertz CT molecular complexity index is 1200. The van der Waals surface area contributed by atoms with Gasteiger partial charge in [0.05, 0.1) is 25.6 Å². The Kier molecular flexibility index (Phi) is 7.40. The Morgan fingerprint density at radius 3 is 2.15 bits per heavy atom. The fourth-order valence-corrected chi connectivity index (χ4v) is 4.60. The van der Waals surface area contributed by atoms with Gasteiger partial charge in [0.15, 0.2) is 5.17 Å². The zero-order valence-corrected chi connectivity index (χ0v) is 20.1. The number of carbonyl (C=O) groups is 2. The van der Waals surface area contributed by atoms with Crippen molar-refractivity contribution in [3.8, 4) is 11.5 Å². The Morgan fingerprint density at radius 2 is 1.56 bits per heavy atom. The van der Waals surface area contributed by atoms with Crippen molar-refractivity contribution in [3.63, 3.8) is 0 Å². The van der Waals surface area contributed by atoms with E-state index < -0.39 is 5.25 Å². The molecule has 0 saturated carbocycles. The summed E-state index contributed by atoms with van der Waals surface area (Å²) in [5, 5.41) is 3.26. The molecule has 4 rings (SSSR count). The van der Waals surface area contributed by atoms with Crippen LogP contribution in [0.2, 0.25) is 5.02 Å². The predicted molar refractivity (Wildman–Crippen MR) is 137 cm³/mol. The van der Waals surface area contributed by atoms with E-state index in [0.29, 0.717) is 38.8 Å². The second kappa shape index (κ2) is 10.6. The van der Waals surface area contributed by atoms with Gasteiger partial charge in [-0.25, -0.2) is 4.99 Å². The van der Waals surface area contributed by atoms with Crippen molar-refractivity contribution in [1.29, 1.82) is 0 Å². The third-order valence-corrected chi connectivity index (χ3v) is 6.45. The van der Waals surface area contributed by atoms with Crippen LogP contribution in [0, 0.1) is 0 Å². The molecule has 0 bridgehead atoms. The molecule has 1 aliphatic heterocycles. The number of amidine groups is 1. The number of anilines is 2. The highest BCUT2D eigenvalue weighted by atomic mass is 35.5. The van der Waals surface area contributed by atoms with E-state index in [0.717, 1.165) is 0 Å². The highest BCUT2D eigenvalue weighted by Gasteiger charge is 2.40. The molecule has 1 heterocycles. The third kappa shape index (κ3) is 5.52. The molecule has 9 heteroatoms. The highest BCUT2D eigenvalue weighted by Crippen LogP contribution is 2.36. The number of halogens is 1. The lowest BCUT2D eigenvalue weighted by molar-refractivity contribution is -0.121. The van der Waals surface area contributed by atoms with Gasteiger partial charge < -0.3 is 14.8 Å². The summed E-state index contributed by atoms with van der Waals surface area (Å²) in [5.41, 5.74) is 1.93. The number of benzene rings is 3. The summed E-state index contributed by atoms with van der Waals surface area (Å²) in [5.74, 6) is 0.903. The summed E-state index contributed by atoms with van der Waals surface area (Å²) < 4.78 is 10.4. The number of methoxy groups -OCH3 is 2. The number of hydrogen-bond donors (Lipinski definition) is 1. The maximum atomic E-state index is 13.4. The van der Waals surface area contributed by atoms with Crippen molar-refractivity contribution in [1.82, 2.24) is 0 Å². The molecule has 1 saturated heterocycles. The van der Waals surface area contributed by atoms with Crippen LogP contribution in [-0.4, -0.2) is 36.5 Å². The van der Waals surface area contributed by atoms with E-state index in [4.69, 9.17) is 21.1 Å². The lowest BCUT2D eigenvalue weighted by atomic mass is 10.2. The first kappa shape index (κ1) is 23.7. The first-order valence-corrected chi connectivity index (χ1v) is 11.7. The maximum Gasteiger partial charge on any atom is 0.247 e. The first-order chi connectivity index (χ1) is 16.5. The first-order valence-electron chi connectivity index (χ1n) is 10.4. The predicted octanol–water partition coefficient (Wildman–Crippen LogP) is 5.52. The molecule has 1 aliphatic rings. The molecule has 3 aromatic rings. The lowest BCUT2D eigenvalue weighted by Crippen LogP contribution is -2.33. The van der Waals surface area contributed by atoms with E-state index >= 15 is 0 Å². The SMILES string of the molecule is COc1ccc(N=C2S[C@@H](CC(=O)Nc3ccc(Cl)cc3)C(=O)N2c2ccc(OC)cc2)cc1. The average molecular weight is 496 g/mol. The van der Waals surface area contributed by atoms with Crippen LogP contribution in [0.25, 0.3) is 0 Å². The number of aliphatic imine (C=N–C) groups is 1. The van der Waals surface area contributed by atoms with E-state index in [2.05, 4.69) is 10.3 Å². The fourth-order valence-electron chi connectivity index (χ4n) is 3.32. The number of nitrogens with zero attached hydrogens (tertiary/aromatic N) is 2. The van der Waals surface area contributed by atoms with Crippen LogP contribution in [0.1, 0.15) is 6.42 Å². The summed E-state index contributed by atoms with van der Waals surface area (Å²) in [6.07, 6.45) is 0.000410. The molecule has 1 atom stereocenters. The van der Waals surface area contributed by atoms with Crippen LogP contribution in [0.3, 0.4) is 0 Å². The zero-order chi connectivity index (χ0) is 24.1. The Hall–Kier alpha value is -3.49. The van der Waals surface area contributed by atoms with Gasteiger partial charge in [0.25, 0.3) is 0 Å². The minimum absolute atomic E-state index is 0.000410. The molecule has 3 aromatic carbocycles. The Morgan fingerprint density at radius 1 is 0.971 bits per heavy atom. The topological polar surface area (TPSA) is 80.2 Å². The average Bonchev–Trinajstić information content (AvgIpc) is 3.15. The van der Waals surface area contributed by atoms with Gasteiger partial charge in [-0.3, -0.25) is 14.5 Å². The lowest BCUT2D eigenvalue weighted by Gasteiger charge is -2.17. The fraction of sp³-hybridized carbons (Fsp3) is 0.160. The molecule has 0 unspecified atom stereocenters. The minimum Gasteiger partial charge on any atom is -0.497 e. The summed E-state index contributed by atoms with van der Waals surface area (Å²) in [6, 6.07) is 21.2. The van der Waals surface area contributed by atoms with Gasteiger partial charge in [0, 0.05) is 17.1 Å². The molecule has 34 heavy (non-hydrogen) atoms. The molecular formula is C25H22ClN3O4S. The Balaban J connectivity index is 1.58. The molecule has 0 aliphatic carbocycles. The van der Waals surface area contributed by atoms with Crippen LogP contribution in [-0.2, 0) is 9.59 Å². The second-order valence-corrected chi connectivity index (χ2v) is 8.94. The van der Waals surface area contributed by atoms with Crippen molar-refractivity contribution in [2.75, 3.05) is 24.4 Å². The molecule has 0 radical (unpaired) electrons.